The molecule has 0 aliphatic rings. The lowest BCUT2D eigenvalue weighted by Gasteiger charge is -2.14. The fourth-order valence-electron chi connectivity index (χ4n) is 2.37. The van der Waals surface area contributed by atoms with E-state index in [1.165, 1.54) is 77.0 Å². The molecule has 0 aliphatic carbocycles. The first-order valence-corrected chi connectivity index (χ1v) is 7.99. The molecule has 0 heterocycles. The number of hydrogen-bond donors (Lipinski definition) is 1. The van der Waals surface area contributed by atoms with Crippen molar-refractivity contribution in [3.8, 4) is 6.19 Å². The van der Waals surface area contributed by atoms with Gasteiger partial charge in [-0.1, -0.05) is 78.1 Å². The van der Waals surface area contributed by atoms with Gasteiger partial charge in [0.05, 0.1) is 0 Å². The normalized spacial score (nSPS) is 10.6. The van der Waals surface area contributed by atoms with Gasteiger partial charge >= 0.3 is 0 Å². The van der Waals surface area contributed by atoms with E-state index in [9.17, 15) is 0 Å². The molecule has 2 nitrogen and oxygen atoms in total. The lowest BCUT2D eigenvalue weighted by atomic mass is 10.0. The average Bonchev–Trinajstić information content (AvgIpc) is 2.38. The first-order chi connectivity index (χ1) is 8.85. The lowest BCUT2D eigenvalue weighted by Crippen LogP contribution is -2.24. The van der Waals surface area contributed by atoms with E-state index < -0.39 is 0 Å². The summed E-state index contributed by atoms with van der Waals surface area (Å²) in [7, 11) is 0. The van der Waals surface area contributed by atoms with Gasteiger partial charge in [-0.2, -0.15) is 5.26 Å². The second kappa shape index (κ2) is 14.4. The van der Waals surface area contributed by atoms with Crippen LogP contribution >= 0.6 is 0 Å². The van der Waals surface area contributed by atoms with E-state index in [2.05, 4.69) is 25.4 Å². The predicted molar refractivity (Wildman–Crippen MR) is 79.3 cm³/mol. The van der Waals surface area contributed by atoms with E-state index in [1.54, 1.807) is 0 Å². The first kappa shape index (κ1) is 17.3. The average molecular weight is 252 g/mol. The monoisotopic (exact) mass is 252 g/mol. The van der Waals surface area contributed by atoms with Crippen LogP contribution < -0.4 is 5.32 Å². The zero-order chi connectivity index (χ0) is 13.5. The van der Waals surface area contributed by atoms with Crippen molar-refractivity contribution >= 4 is 0 Å². The zero-order valence-corrected chi connectivity index (χ0v) is 12.5. The van der Waals surface area contributed by atoms with Gasteiger partial charge in [0.15, 0.2) is 6.19 Å². The summed E-state index contributed by atoms with van der Waals surface area (Å²) in [5.74, 6) is 0. The van der Waals surface area contributed by atoms with Gasteiger partial charge in [0.2, 0.25) is 0 Å². The van der Waals surface area contributed by atoms with Gasteiger partial charge in [-0.3, -0.25) is 0 Å². The molecule has 0 fully saturated rings. The Balaban J connectivity index is 3.49. The van der Waals surface area contributed by atoms with Crippen molar-refractivity contribution < 1.29 is 0 Å². The summed E-state index contributed by atoms with van der Waals surface area (Å²) in [6, 6.07) is 0.429. The number of nitrogens with zero attached hydrogens (tertiary/aromatic N) is 1. The Morgan fingerprint density at radius 2 is 1.22 bits per heavy atom. The summed E-state index contributed by atoms with van der Waals surface area (Å²) >= 11 is 0. The summed E-state index contributed by atoms with van der Waals surface area (Å²) in [5.41, 5.74) is 0. The van der Waals surface area contributed by atoms with Crippen LogP contribution in [0.4, 0.5) is 0 Å². The van der Waals surface area contributed by atoms with Crippen LogP contribution in [0.15, 0.2) is 0 Å². The molecule has 0 aromatic heterocycles. The third kappa shape index (κ3) is 11.8. The molecule has 1 N–H and O–H groups in total. The molecule has 0 radical (unpaired) electrons. The van der Waals surface area contributed by atoms with E-state index in [1.807, 2.05) is 0 Å². The van der Waals surface area contributed by atoms with Crippen molar-refractivity contribution in [1.82, 2.24) is 5.32 Å². The molecule has 0 spiro atoms. The largest absolute Gasteiger partial charge is 0.321 e. The topological polar surface area (TPSA) is 35.8 Å². The zero-order valence-electron chi connectivity index (χ0n) is 12.5. The van der Waals surface area contributed by atoms with Crippen LogP contribution in [0, 0.1) is 11.5 Å². The van der Waals surface area contributed by atoms with Crippen LogP contribution in [0.25, 0.3) is 0 Å². The van der Waals surface area contributed by atoms with Gasteiger partial charge in [-0.05, 0) is 12.8 Å². The van der Waals surface area contributed by atoms with E-state index in [0.717, 1.165) is 0 Å². The Labute approximate surface area is 114 Å². The Hall–Kier alpha value is -0.710. The molecule has 0 bridgehead atoms. The molecule has 0 saturated heterocycles. The number of unbranched alkanes of at least 4 members (excludes halogenated alkanes) is 8. The minimum atomic E-state index is 0.429. The molecule has 0 rings (SSSR count). The van der Waals surface area contributed by atoms with Crippen LogP contribution in [-0.4, -0.2) is 6.04 Å². The lowest BCUT2D eigenvalue weighted by molar-refractivity contribution is 0.452. The van der Waals surface area contributed by atoms with E-state index in [0.29, 0.717) is 6.04 Å². The molecule has 0 saturated carbocycles. The Bertz CT molecular complexity index is 182. The van der Waals surface area contributed by atoms with Gasteiger partial charge < -0.3 is 5.32 Å². The molecule has 0 aliphatic heterocycles. The summed E-state index contributed by atoms with van der Waals surface area (Å²) < 4.78 is 0. The van der Waals surface area contributed by atoms with Crippen molar-refractivity contribution in [3.05, 3.63) is 0 Å². The van der Waals surface area contributed by atoms with Gasteiger partial charge in [0.25, 0.3) is 0 Å². The van der Waals surface area contributed by atoms with Crippen LogP contribution in [0.1, 0.15) is 90.9 Å². The van der Waals surface area contributed by atoms with E-state index in [-0.39, 0.29) is 0 Å². The smallest absolute Gasteiger partial charge is 0.176 e. The Morgan fingerprint density at radius 3 is 1.61 bits per heavy atom. The minimum Gasteiger partial charge on any atom is -0.321 e. The molecule has 0 amide bonds. The second-order valence-corrected chi connectivity index (χ2v) is 5.36. The van der Waals surface area contributed by atoms with Crippen molar-refractivity contribution in [3.63, 3.8) is 0 Å². The van der Waals surface area contributed by atoms with Gasteiger partial charge in [0.1, 0.15) is 0 Å². The van der Waals surface area contributed by atoms with Crippen LogP contribution in [0.5, 0.6) is 0 Å². The fourth-order valence-corrected chi connectivity index (χ4v) is 2.37. The Kier molecular flexibility index (Phi) is 13.8. The number of nitriles is 1. The molecule has 0 aromatic carbocycles. The number of hydrogen-bond acceptors (Lipinski definition) is 2. The third-order valence-corrected chi connectivity index (χ3v) is 3.58. The van der Waals surface area contributed by atoms with E-state index in [4.69, 9.17) is 5.26 Å². The van der Waals surface area contributed by atoms with Gasteiger partial charge in [0, 0.05) is 6.04 Å². The maximum absolute atomic E-state index is 8.76. The van der Waals surface area contributed by atoms with Crippen molar-refractivity contribution in [2.45, 2.75) is 96.9 Å². The highest BCUT2D eigenvalue weighted by Gasteiger charge is 2.06. The summed E-state index contributed by atoms with van der Waals surface area (Å²) in [5, 5.41) is 11.7. The standard InChI is InChI=1S/C16H32N2/c1-3-5-7-9-11-13-16(18-15-17)14-12-10-8-6-4-2/h16,18H,3-14H2,1-2H3. The molecule has 0 atom stereocenters. The second-order valence-electron chi connectivity index (χ2n) is 5.36. The number of rotatable bonds is 13. The van der Waals surface area contributed by atoms with Crippen molar-refractivity contribution in [1.29, 1.82) is 5.26 Å². The molecule has 0 aromatic rings. The van der Waals surface area contributed by atoms with Crippen molar-refractivity contribution in [2.24, 2.45) is 0 Å². The molecule has 0 unspecified atom stereocenters. The Morgan fingerprint density at radius 1 is 0.778 bits per heavy atom. The summed E-state index contributed by atoms with van der Waals surface area (Å²) in [4.78, 5) is 0. The molecular formula is C16H32N2. The first-order valence-electron chi connectivity index (χ1n) is 7.99. The SMILES string of the molecule is CCCCCCCC(CCCCCCC)NC#N. The molecule has 2 heteroatoms. The summed E-state index contributed by atoms with van der Waals surface area (Å²) in [6.07, 6.45) is 17.7. The molecule has 106 valence electrons. The highest BCUT2D eigenvalue weighted by atomic mass is 14.9. The summed E-state index contributed by atoms with van der Waals surface area (Å²) in [6.45, 7) is 4.49. The molecular weight excluding hydrogens is 220 g/mol. The van der Waals surface area contributed by atoms with Crippen LogP contribution in [0.2, 0.25) is 0 Å². The minimum absolute atomic E-state index is 0.429. The fraction of sp³-hybridized carbons (Fsp3) is 0.938. The predicted octanol–water partition coefficient (Wildman–Crippen LogP) is 5.15. The van der Waals surface area contributed by atoms with Gasteiger partial charge in [-0.25, -0.2) is 0 Å². The quantitative estimate of drug-likeness (QED) is 0.280. The molecule has 18 heavy (non-hydrogen) atoms. The van der Waals surface area contributed by atoms with E-state index >= 15 is 0 Å². The maximum atomic E-state index is 8.76. The van der Waals surface area contributed by atoms with Crippen LogP contribution in [0.3, 0.4) is 0 Å². The highest BCUT2D eigenvalue weighted by Crippen LogP contribution is 2.13. The maximum Gasteiger partial charge on any atom is 0.176 e. The van der Waals surface area contributed by atoms with Crippen LogP contribution in [-0.2, 0) is 0 Å². The highest BCUT2D eigenvalue weighted by molar-refractivity contribution is 4.76. The number of nitrogens with one attached hydrogen (secondary N) is 1. The third-order valence-electron chi connectivity index (χ3n) is 3.58. The van der Waals surface area contributed by atoms with Gasteiger partial charge in [-0.15, -0.1) is 0 Å². The van der Waals surface area contributed by atoms with Crippen molar-refractivity contribution in [2.75, 3.05) is 0 Å².